The van der Waals surface area contributed by atoms with Crippen LogP contribution in [0.3, 0.4) is 0 Å². The van der Waals surface area contributed by atoms with Gasteiger partial charge < -0.3 is 19.1 Å². The van der Waals surface area contributed by atoms with Crippen molar-refractivity contribution in [2.45, 2.75) is 57.9 Å². The minimum atomic E-state index is -4.03. The van der Waals surface area contributed by atoms with Crippen LogP contribution in [-0.4, -0.2) is 57.4 Å². The quantitative estimate of drug-likeness (QED) is 0.261. The van der Waals surface area contributed by atoms with Crippen LogP contribution in [0.4, 0.5) is 4.39 Å². The van der Waals surface area contributed by atoms with E-state index in [-0.39, 0.29) is 22.7 Å². The maximum atomic E-state index is 15.5. The van der Waals surface area contributed by atoms with Gasteiger partial charge in [-0.2, -0.15) is 0 Å². The first kappa shape index (κ1) is 28.2. The highest BCUT2D eigenvalue weighted by atomic mass is 32.1. The molecule has 2 N–H and O–H groups in total. The largest absolute Gasteiger partial charge is 0.463 e. The second kappa shape index (κ2) is 11.4. The van der Waals surface area contributed by atoms with Crippen LogP contribution in [0.5, 0.6) is 5.75 Å². The van der Waals surface area contributed by atoms with E-state index < -0.39 is 55.9 Å². The van der Waals surface area contributed by atoms with Gasteiger partial charge in [0.05, 0.1) is 24.8 Å². The summed E-state index contributed by atoms with van der Waals surface area (Å²) >= 11 is 4.90. The van der Waals surface area contributed by atoms with Crippen LogP contribution in [0, 0.1) is 10.6 Å². The van der Waals surface area contributed by atoms with E-state index in [4.69, 9.17) is 30.7 Å². The molecule has 0 amide bonds. The number of benzene rings is 1. The van der Waals surface area contributed by atoms with Gasteiger partial charge in [0.25, 0.3) is 0 Å². The van der Waals surface area contributed by atoms with Crippen molar-refractivity contribution in [2.24, 2.45) is 5.92 Å². The standard InChI is InChI=1S/C23H30FN2O8PS/c1-14(2)32-20(28)15(3)13-35(30,34-16-8-6-5-7-9-16)31-12-17-19(27)23(4,24)21(33-17)26-11-10-18(36)25-22(26)29/h5-11,14-15,17,19,21,27H,12-13H2,1-4H3,(H,25,29,36)/t15-,17-,19?,21-,23-,35?/m1/s1. The Bertz CT molecular complexity index is 1220. The Morgan fingerprint density at radius 1 is 1.31 bits per heavy atom. The number of aliphatic hydroxyl groups excluding tert-OH is 1. The van der Waals surface area contributed by atoms with Gasteiger partial charge in [-0.1, -0.05) is 37.3 Å². The molecule has 13 heteroatoms. The van der Waals surface area contributed by atoms with Crippen molar-refractivity contribution in [3.8, 4) is 5.75 Å². The van der Waals surface area contributed by atoms with Crippen molar-refractivity contribution in [1.82, 2.24) is 9.55 Å². The number of aliphatic hydroxyl groups is 1. The molecule has 10 nitrogen and oxygen atoms in total. The van der Waals surface area contributed by atoms with Gasteiger partial charge in [-0.3, -0.25) is 18.9 Å². The lowest BCUT2D eigenvalue weighted by Crippen LogP contribution is -2.43. The third kappa shape index (κ3) is 6.68. The van der Waals surface area contributed by atoms with Crippen LogP contribution in [0.2, 0.25) is 0 Å². The summed E-state index contributed by atoms with van der Waals surface area (Å²) in [6.45, 7) is 5.45. The molecule has 1 aliphatic heterocycles. The van der Waals surface area contributed by atoms with E-state index in [9.17, 15) is 19.3 Å². The first-order valence-corrected chi connectivity index (χ1v) is 13.5. The maximum Gasteiger partial charge on any atom is 0.380 e. The first-order chi connectivity index (χ1) is 16.8. The Morgan fingerprint density at radius 3 is 2.58 bits per heavy atom. The number of rotatable bonds is 10. The van der Waals surface area contributed by atoms with E-state index in [1.54, 1.807) is 44.2 Å². The molecule has 1 saturated heterocycles. The van der Waals surface area contributed by atoms with Crippen LogP contribution < -0.4 is 10.2 Å². The third-order valence-corrected chi connectivity index (χ3v) is 7.76. The number of carbonyl (C=O) groups is 1. The van der Waals surface area contributed by atoms with Crippen molar-refractivity contribution >= 4 is 25.8 Å². The van der Waals surface area contributed by atoms with Crippen molar-refractivity contribution in [3.63, 3.8) is 0 Å². The average molecular weight is 545 g/mol. The summed E-state index contributed by atoms with van der Waals surface area (Å²) in [6.07, 6.45) is -3.98. The number of aromatic nitrogens is 2. The van der Waals surface area contributed by atoms with Crippen LogP contribution in [0.25, 0.3) is 0 Å². The van der Waals surface area contributed by atoms with Crippen molar-refractivity contribution in [1.29, 1.82) is 0 Å². The molecule has 1 fully saturated rings. The lowest BCUT2D eigenvalue weighted by atomic mass is 9.98. The zero-order chi connectivity index (χ0) is 26.7. The molecule has 2 heterocycles. The molecule has 36 heavy (non-hydrogen) atoms. The Hall–Kier alpha value is -2.37. The number of hydrogen-bond donors (Lipinski definition) is 2. The van der Waals surface area contributed by atoms with Gasteiger partial charge in [-0.25, -0.2) is 13.8 Å². The van der Waals surface area contributed by atoms with Crippen molar-refractivity contribution < 1.29 is 37.4 Å². The zero-order valence-corrected chi connectivity index (χ0v) is 22.0. The molecule has 2 aromatic rings. The first-order valence-electron chi connectivity index (χ1n) is 11.3. The number of H-pyrrole nitrogens is 1. The SMILES string of the molecule is CC(C)OC(=O)[C@H](C)CP(=O)(OC[C@H]1O[C@@H](n2ccc(=S)[nH]c2=O)[C@](C)(F)C1O)Oc1ccccc1. The molecule has 0 spiro atoms. The second-order valence-corrected chi connectivity index (χ2v) is 11.5. The predicted molar refractivity (Wildman–Crippen MR) is 131 cm³/mol. The molecule has 0 radical (unpaired) electrons. The number of ether oxygens (including phenoxy) is 2. The topological polar surface area (TPSA) is 129 Å². The Balaban J connectivity index is 1.80. The number of alkyl halides is 1. The molecule has 2 unspecified atom stereocenters. The zero-order valence-electron chi connectivity index (χ0n) is 20.3. The lowest BCUT2D eigenvalue weighted by molar-refractivity contribution is -0.151. The van der Waals surface area contributed by atoms with E-state index in [1.165, 1.54) is 19.2 Å². The minimum Gasteiger partial charge on any atom is -0.463 e. The smallest absolute Gasteiger partial charge is 0.380 e. The molecule has 6 atom stereocenters. The van der Waals surface area contributed by atoms with E-state index in [2.05, 4.69) is 4.98 Å². The van der Waals surface area contributed by atoms with Crippen molar-refractivity contribution in [3.05, 3.63) is 57.7 Å². The van der Waals surface area contributed by atoms with Crippen molar-refractivity contribution in [2.75, 3.05) is 12.8 Å². The highest BCUT2D eigenvalue weighted by Gasteiger charge is 2.55. The van der Waals surface area contributed by atoms with Gasteiger partial charge in [0.2, 0.25) is 0 Å². The highest BCUT2D eigenvalue weighted by Crippen LogP contribution is 2.51. The lowest BCUT2D eigenvalue weighted by Gasteiger charge is -2.25. The van der Waals surface area contributed by atoms with Gasteiger partial charge in [0.15, 0.2) is 11.9 Å². The Morgan fingerprint density at radius 2 is 1.97 bits per heavy atom. The number of hydrogen-bond acceptors (Lipinski definition) is 9. The number of halogens is 1. The fraction of sp³-hybridized carbons (Fsp3) is 0.522. The van der Waals surface area contributed by atoms with Gasteiger partial charge >= 0.3 is 19.3 Å². The van der Waals surface area contributed by atoms with Gasteiger partial charge in [-0.15, -0.1) is 0 Å². The van der Waals surface area contributed by atoms with Gasteiger partial charge in [0, 0.05) is 6.20 Å². The third-order valence-electron chi connectivity index (χ3n) is 5.50. The highest BCUT2D eigenvalue weighted by molar-refractivity contribution is 7.71. The monoisotopic (exact) mass is 544 g/mol. The second-order valence-electron chi connectivity index (χ2n) is 9.02. The summed E-state index contributed by atoms with van der Waals surface area (Å²) in [5.41, 5.74) is -3.12. The molecule has 0 bridgehead atoms. The van der Waals surface area contributed by atoms with Crippen LogP contribution in [-0.2, 0) is 23.4 Å². The van der Waals surface area contributed by atoms with Crippen LogP contribution in [0.15, 0.2) is 47.4 Å². The van der Waals surface area contributed by atoms with Gasteiger partial charge in [-0.05, 0) is 39.0 Å². The average Bonchev–Trinajstić information content (AvgIpc) is 3.01. The number of aromatic amines is 1. The molecule has 198 valence electrons. The Kier molecular flexibility index (Phi) is 8.89. The number of nitrogens with one attached hydrogen (secondary N) is 1. The van der Waals surface area contributed by atoms with E-state index in [1.807, 2.05) is 0 Å². The van der Waals surface area contributed by atoms with Gasteiger partial charge in [0.1, 0.15) is 22.6 Å². The molecule has 3 rings (SSSR count). The summed E-state index contributed by atoms with van der Waals surface area (Å²) < 4.78 is 52.3. The number of carbonyl (C=O) groups excluding carboxylic acids is 1. The molecular weight excluding hydrogens is 514 g/mol. The summed E-state index contributed by atoms with van der Waals surface area (Å²) in [5, 5.41) is 10.6. The van der Waals surface area contributed by atoms with Crippen LogP contribution in [0.1, 0.15) is 33.9 Å². The summed E-state index contributed by atoms with van der Waals surface area (Å²) in [6, 6.07) is 9.59. The number of para-hydroxylation sites is 1. The molecule has 1 aromatic heterocycles. The predicted octanol–water partition coefficient (Wildman–Crippen LogP) is 3.77. The van der Waals surface area contributed by atoms with E-state index in [0.29, 0.717) is 0 Å². The minimum absolute atomic E-state index is 0.152. The summed E-state index contributed by atoms with van der Waals surface area (Å²) in [7, 11) is -4.03. The maximum absolute atomic E-state index is 15.5. The Labute approximate surface area is 212 Å². The fourth-order valence-corrected chi connectivity index (χ4v) is 5.68. The van der Waals surface area contributed by atoms with E-state index in [0.717, 1.165) is 11.5 Å². The molecule has 0 aliphatic carbocycles. The number of nitrogens with zero attached hydrogens (tertiary/aromatic N) is 1. The molecular formula is C23H30FN2O8PS. The van der Waals surface area contributed by atoms with E-state index >= 15 is 4.39 Å². The number of esters is 1. The molecule has 1 aromatic carbocycles. The van der Waals surface area contributed by atoms with Crippen LogP contribution >= 0.6 is 19.8 Å². The normalized spacial score (nSPS) is 26.4. The molecule has 1 aliphatic rings. The fourth-order valence-electron chi connectivity index (χ4n) is 3.67. The summed E-state index contributed by atoms with van der Waals surface area (Å²) in [5.74, 6) is -1.20. The summed E-state index contributed by atoms with van der Waals surface area (Å²) in [4.78, 5) is 27.0. The molecule has 0 saturated carbocycles.